The highest BCUT2D eigenvalue weighted by atomic mass is 16.3. The Bertz CT molecular complexity index is 172. The number of aliphatic hydroxyl groups excluding tert-OH is 1. The second kappa shape index (κ2) is 3.76. The van der Waals surface area contributed by atoms with Crippen LogP contribution in [0.2, 0.25) is 0 Å². The molecular formula is C8H16N2O2. The molecule has 0 heterocycles. The molecule has 4 heteroatoms. The Morgan fingerprint density at radius 3 is 2.58 bits per heavy atom. The van der Waals surface area contributed by atoms with E-state index in [1.54, 1.807) is 7.05 Å². The summed E-state index contributed by atoms with van der Waals surface area (Å²) in [6.45, 7) is 0. The lowest BCUT2D eigenvalue weighted by Gasteiger charge is -2.33. The number of carbonyl (C=O) groups excluding carboxylic acids is 1. The molecule has 0 saturated heterocycles. The third-order valence-electron chi connectivity index (χ3n) is 2.54. The van der Waals surface area contributed by atoms with Crippen LogP contribution in [0.4, 0.5) is 4.79 Å². The lowest BCUT2D eigenvalue weighted by Crippen LogP contribution is -2.48. The van der Waals surface area contributed by atoms with E-state index in [0.29, 0.717) is 0 Å². The minimum atomic E-state index is -0.457. The zero-order chi connectivity index (χ0) is 9.14. The van der Waals surface area contributed by atoms with Gasteiger partial charge in [0.15, 0.2) is 0 Å². The second-order valence-electron chi connectivity index (χ2n) is 3.37. The molecule has 0 unspecified atom stereocenters. The van der Waals surface area contributed by atoms with Gasteiger partial charge in [-0.3, -0.25) is 0 Å². The molecule has 4 nitrogen and oxygen atoms in total. The fourth-order valence-corrected chi connectivity index (χ4v) is 1.71. The van der Waals surface area contributed by atoms with Crippen LogP contribution in [-0.4, -0.2) is 35.2 Å². The Balaban J connectivity index is 2.53. The number of nitrogens with two attached hydrogens (primary N) is 1. The smallest absolute Gasteiger partial charge is 0.314 e. The average Bonchev–Trinajstić information content (AvgIpc) is 2.04. The SMILES string of the molecule is CN(C(N)=O)[C@@H]1CCCC[C@@H]1O. The van der Waals surface area contributed by atoms with Crippen molar-refractivity contribution in [1.29, 1.82) is 0 Å². The minimum Gasteiger partial charge on any atom is -0.391 e. The average molecular weight is 172 g/mol. The van der Waals surface area contributed by atoms with Crippen molar-refractivity contribution in [3.05, 3.63) is 0 Å². The molecule has 0 bridgehead atoms. The largest absolute Gasteiger partial charge is 0.391 e. The molecule has 70 valence electrons. The van der Waals surface area contributed by atoms with Crippen LogP contribution in [0.5, 0.6) is 0 Å². The van der Waals surface area contributed by atoms with Crippen LogP contribution in [0.3, 0.4) is 0 Å². The number of primary amides is 1. The Labute approximate surface area is 72.3 Å². The fourth-order valence-electron chi connectivity index (χ4n) is 1.71. The van der Waals surface area contributed by atoms with E-state index >= 15 is 0 Å². The third-order valence-corrected chi connectivity index (χ3v) is 2.54. The van der Waals surface area contributed by atoms with Crippen LogP contribution >= 0.6 is 0 Å². The van der Waals surface area contributed by atoms with Crippen molar-refractivity contribution < 1.29 is 9.90 Å². The summed E-state index contributed by atoms with van der Waals surface area (Å²) in [4.78, 5) is 12.2. The molecule has 0 radical (unpaired) electrons. The van der Waals surface area contributed by atoms with Gasteiger partial charge in [-0.15, -0.1) is 0 Å². The van der Waals surface area contributed by atoms with E-state index in [-0.39, 0.29) is 6.04 Å². The number of carbonyl (C=O) groups is 1. The van der Waals surface area contributed by atoms with Gasteiger partial charge in [0, 0.05) is 7.05 Å². The summed E-state index contributed by atoms with van der Waals surface area (Å²) in [6.07, 6.45) is 3.36. The quantitative estimate of drug-likeness (QED) is 0.597. The molecule has 1 aliphatic carbocycles. The highest BCUT2D eigenvalue weighted by Crippen LogP contribution is 2.21. The van der Waals surface area contributed by atoms with Crippen LogP contribution in [-0.2, 0) is 0 Å². The summed E-state index contributed by atoms with van der Waals surface area (Å²) in [6, 6.07) is -0.530. The molecule has 1 aliphatic rings. The number of amides is 2. The topological polar surface area (TPSA) is 66.6 Å². The van der Waals surface area contributed by atoms with Gasteiger partial charge >= 0.3 is 6.03 Å². The molecule has 0 aromatic carbocycles. The van der Waals surface area contributed by atoms with E-state index in [2.05, 4.69) is 0 Å². The van der Waals surface area contributed by atoms with E-state index in [4.69, 9.17) is 5.73 Å². The number of aliphatic hydroxyl groups is 1. The maximum absolute atomic E-state index is 10.8. The Morgan fingerprint density at radius 2 is 2.08 bits per heavy atom. The van der Waals surface area contributed by atoms with Crippen LogP contribution in [0.1, 0.15) is 25.7 Å². The summed E-state index contributed by atoms with van der Waals surface area (Å²) in [5.74, 6) is 0. The predicted octanol–water partition coefficient (Wildman–Crippen LogP) is 0.300. The molecule has 0 spiro atoms. The van der Waals surface area contributed by atoms with Gasteiger partial charge in [0.1, 0.15) is 0 Å². The van der Waals surface area contributed by atoms with Crippen LogP contribution < -0.4 is 5.73 Å². The maximum atomic E-state index is 10.8. The normalized spacial score (nSPS) is 29.8. The summed E-state index contributed by atoms with van der Waals surface area (Å²) < 4.78 is 0. The van der Waals surface area contributed by atoms with Crippen LogP contribution in [0.15, 0.2) is 0 Å². The van der Waals surface area contributed by atoms with Crippen molar-refractivity contribution in [3.63, 3.8) is 0 Å². The molecular weight excluding hydrogens is 156 g/mol. The van der Waals surface area contributed by atoms with Crippen LogP contribution in [0.25, 0.3) is 0 Å². The summed E-state index contributed by atoms with van der Waals surface area (Å²) in [5.41, 5.74) is 5.10. The number of urea groups is 1. The Kier molecular flexibility index (Phi) is 2.92. The first-order chi connectivity index (χ1) is 5.63. The van der Waals surface area contributed by atoms with Crippen molar-refractivity contribution >= 4 is 6.03 Å². The van der Waals surface area contributed by atoms with Crippen LogP contribution in [0, 0.1) is 0 Å². The van der Waals surface area contributed by atoms with Crippen molar-refractivity contribution in [1.82, 2.24) is 4.90 Å². The summed E-state index contributed by atoms with van der Waals surface area (Å²) in [7, 11) is 1.64. The molecule has 1 saturated carbocycles. The van der Waals surface area contributed by atoms with E-state index < -0.39 is 12.1 Å². The van der Waals surface area contributed by atoms with Gasteiger partial charge < -0.3 is 15.7 Å². The summed E-state index contributed by atoms with van der Waals surface area (Å²) in [5, 5.41) is 9.54. The Morgan fingerprint density at radius 1 is 1.50 bits per heavy atom. The van der Waals surface area contributed by atoms with E-state index in [0.717, 1.165) is 25.7 Å². The predicted molar refractivity (Wildman–Crippen MR) is 45.6 cm³/mol. The third kappa shape index (κ3) is 1.88. The lowest BCUT2D eigenvalue weighted by molar-refractivity contribution is 0.0484. The molecule has 2 amide bonds. The minimum absolute atomic E-state index is 0.0729. The molecule has 0 aliphatic heterocycles. The highest BCUT2D eigenvalue weighted by molar-refractivity contribution is 5.72. The standard InChI is InChI=1S/C8H16N2O2/c1-10(8(9)12)6-4-2-3-5-7(6)11/h6-7,11H,2-5H2,1H3,(H2,9,12)/t6-,7+/m1/s1. The molecule has 0 aromatic rings. The maximum Gasteiger partial charge on any atom is 0.314 e. The van der Waals surface area contributed by atoms with Gasteiger partial charge in [0.2, 0.25) is 0 Å². The number of rotatable bonds is 1. The van der Waals surface area contributed by atoms with Gasteiger partial charge in [-0.05, 0) is 12.8 Å². The Hall–Kier alpha value is -0.770. The van der Waals surface area contributed by atoms with Gasteiger partial charge in [0.05, 0.1) is 12.1 Å². The van der Waals surface area contributed by atoms with Crippen molar-refractivity contribution in [3.8, 4) is 0 Å². The number of hydrogen-bond acceptors (Lipinski definition) is 2. The molecule has 0 aromatic heterocycles. The number of hydrogen-bond donors (Lipinski definition) is 2. The first kappa shape index (κ1) is 9.32. The molecule has 3 N–H and O–H groups in total. The number of nitrogens with zero attached hydrogens (tertiary/aromatic N) is 1. The highest BCUT2D eigenvalue weighted by Gasteiger charge is 2.27. The van der Waals surface area contributed by atoms with Crippen molar-refractivity contribution in [2.75, 3.05) is 7.05 Å². The fraction of sp³-hybridized carbons (Fsp3) is 0.875. The first-order valence-corrected chi connectivity index (χ1v) is 4.33. The monoisotopic (exact) mass is 172 g/mol. The molecule has 12 heavy (non-hydrogen) atoms. The van der Waals surface area contributed by atoms with Crippen molar-refractivity contribution in [2.45, 2.75) is 37.8 Å². The lowest BCUT2D eigenvalue weighted by atomic mass is 9.92. The molecule has 1 rings (SSSR count). The van der Waals surface area contributed by atoms with Gasteiger partial charge in [-0.25, -0.2) is 4.79 Å². The van der Waals surface area contributed by atoms with E-state index in [1.165, 1.54) is 4.90 Å². The summed E-state index contributed by atoms with van der Waals surface area (Å²) >= 11 is 0. The molecule has 1 fully saturated rings. The number of likely N-dealkylation sites (N-methyl/N-ethyl adjacent to an activating group) is 1. The second-order valence-corrected chi connectivity index (χ2v) is 3.37. The van der Waals surface area contributed by atoms with Gasteiger partial charge in [-0.2, -0.15) is 0 Å². The van der Waals surface area contributed by atoms with Crippen molar-refractivity contribution in [2.24, 2.45) is 5.73 Å². The molecule has 2 atom stereocenters. The van der Waals surface area contributed by atoms with Gasteiger partial charge in [0.25, 0.3) is 0 Å². The van der Waals surface area contributed by atoms with E-state index in [9.17, 15) is 9.90 Å². The zero-order valence-electron chi connectivity index (χ0n) is 7.36. The first-order valence-electron chi connectivity index (χ1n) is 4.33. The van der Waals surface area contributed by atoms with E-state index in [1.807, 2.05) is 0 Å². The van der Waals surface area contributed by atoms with Gasteiger partial charge in [-0.1, -0.05) is 12.8 Å². The zero-order valence-corrected chi connectivity index (χ0v) is 7.36.